The third kappa shape index (κ3) is 3.84. The molecule has 0 heterocycles. The Morgan fingerprint density at radius 2 is 2.05 bits per heavy atom. The zero-order chi connectivity index (χ0) is 13.8. The van der Waals surface area contributed by atoms with Crippen LogP contribution in [0.25, 0.3) is 0 Å². The number of hydrogen-bond donors (Lipinski definition) is 2. The first kappa shape index (κ1) is 14.1. The van der Waals surface area contributed by atoms with Gasteiger partial charge in [0.2, 0.25) is 5.91 Å². The van der Waals surface area contributed by atoms with Crippen molar-refractivity contribution < 1.29 is 4.79 Å². The smallest absolute Gasteiger partial charge is 0.248 e. The number of amides is 1. The predicted molar refractivity (Wildman–Crippen MR) is 86.5 cm³/mol. The van der Waals surface area contributed by atoms with Crippen molar-refractivity contribution >= 4 is 45.8 Å². The van der Waals surface area contributed by atoms with Crippen LogP contribution in [0.15, 0.2) is 42.5 Å². The molecule has 0 aliphatic heterocycles. The molecule has 0 bridgehead atoms. The van der Waals surface area contributed by atoms with E-state index in [9.17, 15) is 4.79 Å². The van der Waals surface area contributed by atoms with Crippen molar-refractivity contribution in [2.75, 3.05) is 5.32 Å². The van der Waals surface area contributed by atoms with Gasteiger partial charge in [0.25, 0.3) is 0 Å². The molecule has 0 aromatic heterocycles. The third-order valence-corrected chi connectivity index (χ3v) is 3.67. The van der Waals surface area contributed by atoms with Crippen LogP contribution < -0.4 is 11.1 Å². The minimum atomic E-state index is -0.473. The second-order valence-corrected chi connectivity index (χ2v) is 5.69. The van der Waals surface area contributed by atoms with E-state index in [0.29, 0.717) is 17.1 Å². The van der Waals surface area contributed by atoms with Gasteiger partial charge in [-0.25, -0.2) is 0 Å². The number of hydrogen-bond acceptors (Lipinski definition) is 2. The maximum Gasteiger partial charge on any atom is 0.248 e. The maximum absolute atomic E-state index is 11.0. The number of anilines is 1. The van der Waals surface area contributed by atoms with Crippen LogP contribution in [0, 0.1) is 3.57 Å². The first-order valence-corrected chi connectivity index (χ1v) is 7.09. The van der Waals surface area contributed by atoms with Crippen molar-refractivity contribution in [1.29, 1.82) is 0 Å². The predicted octanol–water partition coefficient (Wildman–Crippen LogP) is 3.66. The highest BCUT2D eigenvalue weighted by Crippen LogP contribution is 2.20. The van der Waals surface area contributed by atoms with Gasteiger partial charge in [-0.15, -0.1) is 0 Å². The van der Waals surface area contributed by atoms with E-state index in [1.54, 1.807) is 12.1 Å². The largest absolute Gasteiger partial charge is 0.381 e. The summed E-state index contributed by atoms with van der Waals surface area (Å²) in [5, 5.41) is 3.82. The Morgan fingerprint density at radius 1 is 1.26 bits per heavy atom. The average Bonchev–Trinajstić information content (AvgIpc) is 2.37. The highest BCUT2D eigenvalue weighted by atomic mass is 127. The first-order valence-electron chi connectivity index (χ1n) is 5.64. The summed E-state index contributed by atoms with van der Waals surface area (Å²) in [6.45, 7) is 0.595. The molecular weight excluding hydrogens is 375 g/mol. The Balaban J connectivity index is 2.10. The van der Waals surface area contributed by atoms with Gasteiger partial charge in [-0.2, -0.15) is 0 Å². The molecule has 0 unspecified atom stereocenters. The molecule has 0 saturated carbocycles. The van der Waals surface area contributed by atoms with E-state index in [-0.39, 0.29) is 0 Å². The van der Waals surface area contributed by atoms with Crippen LogP contribution in [0.5, 0.6) is 0 Å². The Hall–Kier alpha value is -1.27. The van der Waals surface area contributed by atoms with Crippen LogP contribution in [-0.2, 0) is 6.54 Å². The molecular formula is C14H12ClIN2O. The topological polar surface area (TPSA) is 55.1 Å². The van der Waals surface area contributed by atoms with Crippen LogP contribution in [0.4, 0.5) is 5.69 Å². The lowest BCUT2D eigenvalue weighted by molar-refractivity contribution is 0.100. The van der Waals surface area contributed by atoms with Crippen LogP contribution in [0.2, 0.25) is 5.02 Å². The highest BCUT2D eigenvalue weighted by Gasteiger charge is 2.05. The zero-order valence-electron chi connectivity index (χ0n) is 9.99. The molecule has 3 nitrogen and oxygen atoms in total. The molecule has 0 fully saturated rings. The number of rotatable bonds is 4. The van der Waals surface area contributed by atoms with Crippen molar-refractivity contribution in [1.82, 2.24) is 0 Å². The average molecular weight is 387 g/mol. The SMILES string of the molecule is NC(=O)c1ccc(CNc2cccc(I)c2)c(Cl)c1. The normalized spacial score (nSPS) is 10.2. The molecule has 2 aromatic carbocycles. The number of benzene rings is 2. The van der Waals surface area contributed by atoms with Gasteiger partial charge in [0, 0.05) is 26.4 Å². The van der Waals surface area contributed by atoms with Crippen molar-refractivity contribution in [2.45, 2.75) is 6.54 Å². The number of carbonyl (C=O) groups excluding carboxylic acids is 1. The number of nitrogens with two attached hydrogens (primary N) is 1. The van der Waals surface area contributed by atoms with Gasteiger partial charge in [0.15, 0.2) is 0 Å². The highest BCUT2D eigenvalue weighted by molar-refractivity contribution is 14.1. The molecule has 0 spiro atoms. The molecule has 19 heavy (non-hydrogen) atoms. The third-order valence-electron chi connectivity index (χ3n) is 2.65. The fraction of sp³-hybridized carbons (Fsp3) is 0.0714. The molecule has 2 rings (SSSR count). The molecule has 5 heteroatoms. The summed E-state index contributed by atoms with van der Waals surface area (Å²) in [6.07, 6.45) is 0. The summed E-state index contributed by atoms with van der Waals surface area (Å²) in [5.41, 5.74) is 7.57. The monoisotopic (exact) mass is 386 g/mol. The lowest BCUT2D eigenvalue weighted by Gasteiger charge is -2.09. The Labute approximate surface area is 130 Å². The second kappa shape index (κ2) is 6.25. The first-order chi connectivity index (χ1) is 9.06. The standard InChI is InChI=1S/C14H12ClIN2O/c15-13-6-9(14(17)19)4-5-10(13)8-18-12-3-1-2-11(16)7-12/h1-7,18H,8H2,(H2,17,19). The molecule has 2 aromatic rings. The molecule has 0 saturated heterocycles. The Kier molecular flexibility index (Phi) is 4.66. The maximum atomic E-state index is 11.0. The molecule has 1 amide bonds. The summed E-state index contributed by atoms with van der Waals surface area (Å²) >= 11 is 8.38. The molecule has 3 N–H and O–H groups in total. The van der Waals surface area contributed by atoms with Crippen molar-refractivity contribution in [3.8, 4) is 0 Å². The summed E-state index contributed by atoms with van der Waals surface area (Å²) in [7, 11) is 0. The summed E-state index contributed by atoms with van der Waals surface area (Å²) in [4.78, 5) is 11.0. The van der Waals surface area contributed by atoms with Gasteiger partial charge >= 0.3 is 0 Å². The fourth-order valence-electron chi connectivity index (χ4n) is 1.64. The second-order valence-electron chi connectivity index (χ2n) is 4.03. The lowest BCUT2D eigenvalue weighted by Crippen LogP contribution is -2.11. The number of primary amides is 1. The summed E-state index contributed by atoms with van der Waals surface area (Å²) in [5.74, 6) is -0.473. The van der Waals surface area contributed by atoms with E-state index in [1.807, 2.05) is 30.3 Å². The minimum Gasteiger partial charge on any atom is -0.381 e. The van der Waals surface area contributed by atoms with E-state index in [0.717, 1.165) is 14.8 Å². The van der Waals surface area contributed by atoms with Gasteiger partial charge in [-0.3, -0.25) is 4.79 Å². The summed E-state index contributed by atoms with van der Waals surface area (Å²) < 4.78 is 1.16. The zero-order valence-corrected chi connectivity index (χ0v) is 12.9. The molecule has 0 aliphatic rings. The molecule has 0 aliphatic carbocycles. The molecule has 0 atom stereocenters. The number of halogens is 2. The van der Waals surface area contributed by atoms with Crippen LogP contribution in [0.3, 0.4) is 0 Å². The van der Waals surface area contributed by atoms with Gasteiger partial charge in [-0.05, 0) is 58.5 Å². The van der Waals surface area contributed by atoms with Gasteiger partial charge in [0.05, 0.1) is 0 Å². The van der Waals surface area contributed by atoms with Crippen molar-refractivity contribution in [2.24, 2.45) is 5.73 Å². The van der Waals surface area contributed by atoms with E-state index in [4.69, 9.17) is 17.3 Å². The molecule has 98 valence electrons. The fourth-order valence-corrected chi connectivity index (χ4v) is 2.43. The Morgan fingerprint density at radius 3 is 2.68 bits per heavy atom. The van der Waals surface area contributed by atoms with Crippen molar-refractivity contribution in [3.05, 3.63) is 62.2 Å². The van der Waals surface area contributed by atoms with E-state index in [1.165, 1.54) is 0 Å². The quantitative estimate of drug-likeness (QED) is 0.788. The van der Waals surface area contributed by atoms with Gasteiger partial charge in [-0.1, -0.05) is 23.7 Å². The van der Waals surface area contributed by atoms with Crippen LogP contribution in [0.1, 0.15) is 15.9 Å². The van der Waals surface area contributed by atoms with Crippen LogP contribution in [-0.4, -0.2) is 5.91 Å². The Bertz CT molecular complexity index is 616. The van der Waals surface area contributed by atoms with E-state index < -0.39 is 5.91 Å². The minimum absolute atomic E-state index is 0.419. The van der Waals surface area contributed by atoms with Crippen molar-refractivity contribution in [3.63, 3.8) is 0 Å². The van der Waals surface area contributed by atoms with Gasteiger partial charge < -0.3 is 11.1 Å². The van der Waals surface area contributed by atoms with Crippen LogP contribution >= 0.6 is 34.2 Å². The number of carbonyl (C=O) groups is 1. The summed E-state index contributed by atoms with van der Waals surface area (Å²) in [6, 6.07) is 13.1. The molecule has 0 radical (unpaired) electrons. The van der Waals surface area contributed by atoms with Gasteiger partial charge in [0.1, 0.15) is 0 Å². The van der Waals surface area contributed by atoms with E-state index in [2.05, 4.69) is 27.9 Å². The van der Waals surface area contributed by atoms with E-state index >= 15 is 0 Å². The number of nitrogens with one attached hydrogen (secondary N) is 1. The lowest BCUT2D eigenvalue weighted by atomic mass is 10.1.